The minimum absolute atomic E-state index is 0.0191. The van der Waals surface area contributed by atoms with Crippen molar-refractivity contribution >= 4 is 33.9 Å². The second kappa shape index (κ2) is 8.49. The smallest absolute Gasteiger partial charge is 0.264 e. The number of carbonyl (C=O) groups is 3. The van der Waals surface area contributed by atoms with Crippen LogP contribution in [-0.2, 0) is 4.79 Å². The van der Waals surface area contributed by atoms with Crippen molar-refractivity contribution < 1.29 is 14.4 Å². The number of Topliss-reactive ketones (excluding diaryl/α,β-unsaturated/α-hetero) is 1. The van der Waals surface area contributed by atoms with Crippen LogP contribution in [0.2, 0.25) is 0 Å². The standard InChI is InChI=1S/C23H28N2O3S/c1-15-14-18(24-22(28)23(2,3)4)29-20(15)21(27)25-12-10-17(11-13-25)19(26)16-8-6-5-7-9-16/h5-9,14,17H,10-13H2,1-4H3,(H,24,28). The zero-order chi connectivity index (χ0) is 21.2. The molecule has 0 spiro atoms. The van der Waals surface area contributed by atoms with Crippen molar-refractivity contribution in [2.45, 2.75) is 40.5 Å². The highest BCUT2D eigenvalue weighted by Crippen LogP contribution is 2.31. The Kier molecular flexibility index (Phi) is 6.22. The van der Waals surface area contributed by atoms with Crippen molar-refractivity contribution in [1.29, 1.82) is 0 Å². The van der Waals surface area contributed by atoms with Gasteiger partial charge in [-0.2, -0.15) is 0 Å². The van der Waals surface area contributed by atoms with E-state index >= 15 is 0 Å². The third-order valence-corrected chi connectivity index (χ3v) is 6.38. The summed E-state index contributed by atoms with van der Waals surface area (Å²) in [6.45, 7) is 8.61. The van der Waals surface area contributed by atoms with E-state index in [1.54, 1.807) is 0 Å². The molecule has 0 saturated carbocycles. The molecule has 1 aliphatic heterocycles. The van der Waals surface area contributed by atoms with Gasteiger partial charge >= 0.3 is 0 Å². The van der Waals surface area contributed by atoms with Crippen LogP contribution in [0.15, 0.2) is 36.4 Å². The minimum Gasteiger partial charge on any atom is -0.338 e. The summed E-state index contributed by atoms with van der Waals surface area (Å²) in [6.07, 6.45) is 1.36. The fraction of sp³-hybridized carbons (Fsp3) is 0.435. The lowest BCUT2D eigenvalue weighted by Gasteiger charge is -2.31. The number of nitrogens with one attached hydrogen (secondary N) is 1. The molecule has 2 aromatic rings. The normalized spacial score (nSPS) is 15.2. The molecule has 29 heavy (non-hydrogen) atoms. The van der Waals surface area contributed by atoms with E-state index in [9.17, 15) is 14.4 Å². The summed E-state index contributed by atoms with van der Waals surface area (Å²) < 4.78 is 0. The highest BCUT2D eigenvalue weighted by atomic mass is 32.1. The van der Waals surface area contributed by atoms with E-state index < -0.39 is 5.41 Å². The Morgan fingerprint density at radius 1 is 1.07 bits per heavy atom. The molecule has 1 N–H and O–H groups in total. The van der Waals surface area contributed by atoms with Crippen LogP contribution in [0.3, 0.4) is 0 Å². The van der Waals surface area contributed by atoms with Gasteiger partial charge < -0.3 is 10.2 Å². The van der Waals surface area contributed by atoms with E-state index in [0.29, 0.717) is 35.8 Å². The van der Waals surface area contributed by atoms with Crippen LogP contribution in [0, 0.1) is 18.3 Å². The molecule has 0 aliphatic carbocycles. The minimum atomic E-state index is -0.491. The number of anilines is 1. The van der Waals surface area contributed by atoms with Gasteiger partial charge in [0.1, 0.15) is 0 Å². The summed E-state index contributed by atoms with van der Waals surface area (Å²) in [7, 11) is 0. The van der Waals surface area contributed by atoms with Gasteiger partial charge in [0.05, 0.1) is 9.88 Å². The second-order valence-electron chi connectivity index (χ2n) is 8.62. The molecule has 1 aromatic carbocycles. The number of thiophene rings is 1. The van der Waals surface area contributed by atoms with Crippen LogP contribution in [0.5, 0.6) is 0 Å². The molecule has 1 aromatic heterocycles. The predicted molar refractivity (Wildman–Crippen MR) is 117 cm³/mol. The molecule has 3 rings (SSSR count). The third-order valence-electron chi connectivity index (χ3n) is 5.24. The number of hydrogen-bond acceptors (Lipinski definition) is 4. The van der Waals surface area contributed by atoms with Crippen molar-refractivity contribution in [3.05, 3.63) is 52.4 Å². The third kappa shape index (κ3) is 4.93. The molecule has 1 fully saturated rings. The van der Waals surface area contributed by atoms with Gasteiger partial charge in [0.15, 0.2) is 5.78 Å². The fourth-order valence-corrected chi connectivity index (χ4v) is 4.42. The first-order chi connectivity index (χ1) is 13.7. The van der Waals surface area contributed by atoms with E-state index in [2.05, 4.69) is 5.32 Å². The number of nitrogens with zero attached hydrogens (tertiary/aromatic N) is 1. The molecule has 154 valence electrons. The Hall–Kier alpha value is -2.47. The molecule has 0 radical (unpaired) electrons. The van der Waals surface area contributed by atoms with Gasteiger partial charge in [-0.1, -0.05) is 51.1 Å². The summed E-state index contributed by atoms with van der Waals surface area (Å²) in [5.74, 6) is 0.0389. The number of amides is 2. The van der Waals surface area contributed by atoms with Gasteiger partial charge in [-0.15, -0.1) is 11.3 Å². The molecule has 2 amide bonds. The SMILES string of the molecule is Cc1cc(NC(=O)C(C)(C)C)sc1C(=O)N1CCC(C(=O)c2ccccc2)CC1. The Morgan fingerprint density at radius 2 is 1.69 bits per heavy atom. The van der Waals surface area contributed by atoms with Crippen molar-refractivity contribution in [2.24, 2.45) is 11.3 Å². The summed E-state index contributed by atoms with van der Waals surface area (Å²) in [5, 5.41) is 3.60. The van der Waals surface area contributed by atoms with E-state index in [1.165, 1.54) is 11.3 Å². The van der Waals surface area contributed by atoms with Gasteiger partial charge in [-0.3, -0.25) is 14.4 Å². The number of aryl methyl sites for hydroxylation is 1. The van der Waals surface area contributed by atoms with Crippen LogP contribution in [-0.4, -0.2) is 35.6 Å². The Labute approximate surface area is 176 Å². The van der Waals surface area contributed by atoms with Crippen molar-refractivity contribution in [3.8, 4) is 0 Å². The van der Waals surface area contributed by atoms with Gasteiger partial charge in [0, 0.05) is 30.0 Å². The van der Waals surface area contributed by atoms with E-state index in [-0.39, 0.29) is 23.5 Å². The molecular weight excluding hydrogens is 384 g/mol. The molecule has 1 saturated heterocycles. The van der Waals surface area contributed by atoms with Gasteiger partial charge in [-0.05, 0) is 31.4 Å². The summed E-state index contributed by atoms with van der Waals surface area (Å²) in [6, 6.07) is 11.2. The highest BCUT2D eigenvalue weighted by molar-refractivity contribution is 7.18. The van der Waals surface area contributed by atoms with Crippen molar-refractivity contribution in [1.82, 2.24) is 4.90 Å². The van der Waals surface area contributed by atoms with Crippen LogP contribution < -0.4 is 5.32 Å². The second-order valence-corrected chi connectivity index (χ2v) is 9.68. The number of likely N-dealkylation sites (tertiary alicyclic amines) is 1. The molecule has 6 heteroatoms. The lowest BCUT2D eigenvalue weighted by molar-refractivity contribution is -0.123. The number of ketones is 1. The van der Waals surface area contributed by atoms with E-state index in [4.69, 9.17) is 0 Å². The van der Waals surface area contributed by atoms with Crippen molar-refractivity contribution in [3.63, 3.8) is 0 Å². The van der Waals surface area contributed by atoms with Crippen LogP contribution in [0.25, 0.3) is 0 Å². The quantitative estimate of drug-likeness (QED) is 0.735. The molecule has 5 nitrogen and oxygen atoms in total. The Balaban J connectivity index is 1.62. The molecule has 2 heterocycles. The number of hydrogen-bond donors (Lipinski definition) is 1. The molecule has 0 atom stereocenters. The molecule has 1 aliphatic rings. The van der Waals surface area contributed by atoms with Gasteiger partial charge in [0.25, 0.3) is 5.91 Å². The topological polar surface area (TPSA) is 66.5 Å². The Morgan fingerprint density at radius 3 is 2.28 bits per heavy atom. The Bertz CT molecular complexity index is 904. The largest absolute Gasteiger partial charge is 0.338 e. The zero-order valence-electron chi connectivity index (χ0n) is 17.5. The van der Waals surface area contributed by atoms with E-state index in [0.717, 1.165) is 11.1 Å². The highest BCUT2D eigenvalue weighted by Gasteiger charge is 2.30. The summed E-state index contributed by atoms with van der Waals surface area (Å²) >= 11 is 1.32. The molecular formula is C23H28N2O3S. The predicted octanol–water partition coefficient (Wildman–Crippen LogP) is 4.78. The first-order valence-corrected chi connectivity index (χ1v) is 10.8. The van der Waals surface area contributed by atoms with Crippen LogP contribution >= 0.6 is 11.3 Å². The number of piperidine rings is 1. The first-order valence-electron chi connectivity index (χ1n) is 9.97. The number of rotatable bonds is 4. The maximum absolute atomic E-state index is 13.0. The van der Waals surface area contributed by atoms with Crippen molar-refractivity contribution in [2.75, 3.05) is 18.4 Å². The molecule has 0 unspecified atom stereocenters. The zero-order valence-corrected chi connectivity index (χ0v) is 18.3. The van der Waals surface area contributed by atoms with E-state index in [1.807, 2.05) is 69.0 Å². The van der Waals surface area contributed by atoms with Crippen LogP contribution in [0.4, 0.5) is 5.00 Å². The average Bonchev–Trinajstić information content (AvgIpc) is 3.07. The van der Waals surface area contributed by atoms with Gasteiger partial charge in [-0.25, -0.2) is 0 Å². The van der Waals surface area contributed by atoms with Gasteiger partial charge in [0.2, 0.25) is 5.91 Å². The first kappa shape index (κ1) is 21.2. The maximum atomic E-state index is 13.0. The number of benzene rings is 1. The van der Waals surface area contributed by atoms with Crippen LogP contribution in [0.1, 0.15) is 59.2 Å². The average molecular weight is 413 g/mol. The summed E-state index contributed by atoms with van der Waals surface area (Å²) in [5.41, 5.74) is 1.12. The fourth-order valence-electron chi connectivity index (χ4n) is 3.38. The lowest BCUT2D eigenvalue weighted by Crippen LogP contribution is -2.40. The summed E-state index contributed by atoms with van der Waals surface area (Å²) in [4.78, 5) is 40.3. The number of carbonyl (C=O) groups excluding carboxylic acids is 3. The maximum Gasteiger partial charge on any atom is 0.264 e. The monoisotopic (exact) mass is 412 g/mol. The molecule has 0 bridgehead atoms. The lowest BCUT2D eigenvalue weighted by atomic mass is 9.89.